The highest BCUT2D eigenvalue weighted by molar-refractivity contribution is 5.75. The number of carbonyl (C=O) groups is 1. The fourth-order valence-electron chi connectivity index (χ4n) is 6.95. The van der Waals surface area contributed by atoms with Crippen LogP contribution in [0.2, 0.25) is 0 Å². The van der Waals surface area contributed by atoms with Gasteiger partial charge in [0.2, 0.25) is 0 Å². The van der Waals surface area contributed by atoms with Crippen LogP contribution < -0.4 is 5.32 Å². The predicted octanol–water partition coefficient (Wildman–Crippen LogP) is 3.59. The third-order valence-corrected chi connectivity index (χ3v) is 8.01. The highest BCUT2D eigenvalue weighted by Crippen LogP contribution is 2.55. The number of amides is 2. The number of morpholine rings is 1. The van der Waals surface area contributed by atoms with Gasteiger partial charge in [0, 0.05) is 38.3 Å². The molecule has 6 heteroatoms. The molecule has 2 N–H and O–H groups in total. The van der Waals surface area contributed by atoms with Crippen LogP contribution in [0.3, 0.4) is 0 Å². The maximum Gasteiger partial charge on any atom is 0.318 e. The summed E-state index contributed by atoms with van der Waals surface area (Å²) in [6.07, 6.45) is 8.62. The van der Waals surface area contributed by atoms with E-state index in [0.29, 0.717) is 6.54 Å². The maximum absolute atomic E-state index is 13.5. The Morgan fingerprint density at radius 3 is 2.29 bits per heavy atom. The monoisotopic (exact) mass is 427 g/mol. The molecular formula is C25H37N3O3. The average molecular weight is 428 g/mol. The van der Waals surface area contributed by atoms with E-state index >= 15 is 0 Å². The van der Waals surface area contributed by atoms with Crippen LogP contribution in [0.4, 0.5) is 4.79 Å². The number of rotatable bonds is 7. The summed E-state index contributed by atoms with van der Waals surface area (Å²) in [6.45, 7) is 5.92. The molecular weight excluding hydrogens is 390 g/mol. The number of hydrogen-bond donors (Lipinski definition) is 2. The zero-order valence-electron chi connectivity index (χ0n) is 18.6. The molecule has 1 saturated heterocycles. The topological polar surface area (TPSA) is 65.0 Å². The lowest BCUT2D eigenvalue weighted by atomic mass is 9.53. The second-order valence-electron chi connectivity index (χ2n) is 10.5. The van der Waals surface area contributed by atoms with Crippen molar-refractivity contribution in [3.05, 3.63) is 29.8 Å². The maximum atomic E-state index is 13.5. The minimum atomic E-state index is 0.0310. The quantitative estimate of drug-likeness (QED) is 0.698. The molecule has 0 atom stereocenters. The SMILES string of the molecule is O=C(NC12CC3CC(CC(C3)C1)C2)N(CCCN1CCOCC1)Cc1ccc(O)cc1. The van der Waals surface area contributed by atoms with Gasteiger partial charge in [-0.05, 0) is 80.4 Å². The van der Waals surface area contributed by atoms with Gasteiger partial charge >= 0.3 is 6.03 Å². The van der Waals surface area contributed by atoms with E-state index in [9.17, 15) is 9.90 Å². The molecule has 0 radical (unpaired) electrons. The summed E-state index contributed by atoms with van der Waals surface area (Å²) in [5.41, 5.74) is 1.09. The molecule has 6 nitrogen and oxygen atoms in total. The highest BCUT2D eigenvalue weighted by Gasteiger charge is 2.51. The average Bonchev–Trinajstić information content (AvgIpc) is 2.74. The van der Waals surface area contributed by atoms with Crippen LogP contribution in [0, 0.1) is 17.8 Å². The van der Waals surface area contributed by atoms with E-state index in [1.54, 1.807) is 12.1 Å². The summed E-state index contributed by atoms with van der Waals surface area (Å²) in [5.74, 6) is 2.72. The molecule has 0 aromatic heterocycles. The van der Waals surface area contributed by atoms with E-state index in [-0.39, 0.29) is 17.3 Å². The largest absolute Gasteiger partial charge is 0.508 e. The molecule has 4 saturated carbocycles. The zero-order valence-corrected chi connectivity index (χ0v) is 18.6. The number of hydrogen-bond acceptors (Lipinski definition) is 4. The molecule has 31 heavy (non-hydrogen) atoms. The molecule has 170 valence electrons. The first-order valence-corrected chi connectivity index (χ1v) is 12.2. The van der Waals surface area contributed by atoms with Crippen LogP contribution in [-0.2, 0) is 11.3 Å². The molecule has 6 rings (SSSR count). The fraction of sp³-hybridized carbons (Fsp3) is 0.720. The minimum Gasteiger partial charge on any atom is -0.508 e. The second kappa shape index (κ2) is 8.99. The standard InChI is InChI=1S/C25H37N3O3/c29-23-4-2-19(3-5-23)18-28(7-1-6-27-8-10-31-11-9-27)24(30)26-25-15-20-12-21(16-25)14-22(13-20)17-25/h2-5,20-22,29H,1,6-18H2,(H,26,30). The summed E-state index contributed by atoms with van der Waals surface area (Å²) < 4.78 is 5.45. The highest BCUT2D eigenvalue weighted by atomic mass is 16.5. The number of benzene rings is 1. The number of ether oxygens (including phenoxy) is 1. The van der Waals surface area contributed by atoms with E-state index in [4.69, 9.17) is 4.74 Å². The Hall–Kier alpha value is -1.79. The number of nitrogens with zero attached hydrogens (tertiary/aromatic N) is 2. The van der Waals surface area contributed by atoms with Gasteiger partial charge in [-0.25, -0.2) is 4.79 Å². The van der Waals surface area contributed by atoms with Gasteiger partial charge in [-0.15, -0.1) is 0 Å². The molecule has 4 bridgehead atoms. The van der Waals surface area contributed by atoms with Crippen LogP contribution in [0.25, 0.3) is 0 Å². The summed E-state index contributed by atoms with van der Waals surface area (Å²) in [6, 6.07) is 7.35. The first-order valence-electron chi connectivity index (χ1n) is 12.2. The van der Waals surface area contributed by atoms with Crippen molar-refractivity contribution < 1.29 is 14.6 Å². The lowest BCUT2D eigenvalue weighted by Gasteiger charge is -2.57. The molecule has 1 aromatic rings. The number of phenols is 1. The molecule has 0 spiro atoms. The van der Waals surface area contributed by atoms with Crippen molar-refractivity contribution >= 4 is 6.03 Å². The van der Waals surface area contributed by atoms with Gasteiger partial charge in [-0.3, -0.25) is 4.90 Å². The molecule has 5 aliphatic rings. The van der Waals surface area contributed by atoms with Gasteiger partial charge in [0.1, 0.15) is 5.75 Å². The molecule has 4 aliphatic carbocycles. The van der Waals surface area contributed by atoms with Crippen LogP contribution >= 0.6 is 0 Å². The van der Waals surface area contributed by atoms with Crippen molar-refractivity contribution in [2.24, 2.45) is 17.8 Å². The van der Waals surface area contributed by atoms with Crippen molar-refractivity contribution in [3.8, 4) is 5.75 Å². The van der Waals surface area contributed by atoms with Crippen molar-refractivity contribution in [2.75, 3.05) is 39.4 Å². The van der Waals surface area contributed by atoms with E-state index < -0.39 is 0 Å². The van der Waals surface area contributed by atoms with Gasteiger partial charge in [0.15, 0.2) is 0 Å². The van der Waals surface area contributed by atoms with Crippen molar-refractivity contribution in [1.82, 2.24) is 15.1 Å². The number of aromatic hydroxyl groups is 1. The number of urea groups is 1. The smallest absolute Gasteiger partial charge is 0.318 e. The van der Waals surface area contributed by atoms with E-state index in [1.807, 2.05) is 17.0 Å². The normalized spacial score (nSPS) is 32.2. The molecule has 1 aliphatic heterocycles. The second-order valence-corrected chi connectivity index (χ2v) is 10.5. The van der Waals surface area contributed by atoms with E-state index in [2.05, 4.69) is 10.2 Å². The van der Waals surface area contributed by atoms with Gasteiger partial charge in [0.05, 0.1) is 13.2 Å². The Morgan fingerprint density at radius 1 is 1.06 bits per heavy atom. The Bertz CT molecular complexity index is 724. The van der Waals surface area contributed by atoms with Crippen molar-refractivity contribution in [1.29, 1.82) is 0 Å². The summed E-state index contributed by atoms with van der Waals surface area (Å²) >= 11 is 0. The number of nitrogens with one attached hydrogen (secondary N) is 1. The summed E-state index contributed by atoms with van der Waals surface area (Å²) in [5, 5.41) is 13.2. The Kier molecular flexibility index (Phi) is 6.11. The Labute approximate surface area is 185 Å². The van der Waals surface area contributed by atoms with Gasteiger partial charge in [-0.1, -0.05) is 12.1 Å². The minimum absolute atomic E-state index is 0.0310. The summed E-state index contributed by atoms with van der Waals surface area (Å²) in [7, 11) is 0. The van der Waals surface area contributed by atoms with E-state index in [1.165, 1.54) is 38.5 Å². The third kappa shape index (κ3) is 5.01. The van der Waals surface area contributed by atoms with Gasteiger partial charge in [0.25, 0.3) is 0 Å². The van der Waals surface area contributed by atoms with Crippen LogP contribution in [0.15, 0.2) is 24.3 Å². The van der Waals surface area contributed by atoms with E-state index in [0.717, 1.165) is 69.1 Å². The first kappa shape index (κ1) is 21.1. The Morgan fingerprint density at radius 2 is 1.68 bits per heavy atom. The zero-order chi connectivity index (χ0) is 21.3. The fourth-order valence-corrected chi connectivity index (χ4v) is 6.95. The molecule has 0 unspecified atom stereocenters. The number of phenolic OH excluding ortho intramolecular Hbond substituents is 1. The van der Waals surface area contributed by atoms with Crippen LogP contribution in [0.5, 0.6) is 5.75 Å². The molecule has 5 fully saturated rings. The lowest BCUT2D eigenvalue weighted by molar-refractivity contribution is -0.0159. The third-order valence-electron chi connectivity index (χ3n) is 8.01. The van der Waals surface area contributed by atoms with Gasteiger partial charge in [-0.2, -0.15) is 0 Å². The van der Waals surface area contributed by atoms with Crippen LogP contribution in [-0.4, -0.2) is 65.9 Å². The predicted molar refractivity (Wildman–Crippen MR) is 120 cm³/mol. The van der Waals surface area contributed by atoms with Crippen LogP contribution in [0.1, 0.15) is 50.5 Å². The molecule has 2 amide bonds. The first-order chi connectivity index (χ1) is 15.1. The molecule has 1 aromatic carbocycles. The Balaban J connectivity index is 1.23. The molecule has 1 heterocycles. The van der Waals surface area contributed by atoms with Gasteiger partial charge < -0.3 is 20.1 Å². The van der Waals surface area contributed by atoms with Crippen molar-refractivity contribution in [3.63, 3.8) is 0 Å². The lowest BCUT2D eigenvalue weighted by Crippen LogP contribution is -2.61. The summed E-state index contributed by atoms with van der Waals surface area (Å²) in [4.78, 5) is 17.9. The number of carbonyl (C=O) groups excluding carboxylic acids is 1. The van der Waals surface area contributed by atoms with Crippen molar-refractivity contribution in [2.45, 2.75) is 57.0 Å².